The van der Waals surface area contributed by atoms with E-state index in [2.05, 4.69) is 26.6 Å². The lowest BCUT2D eigenvalue weighted by Crippen LogP contribution is -2.13. The smallest absolute Gasteiger partial charge is 0.236 e. The number of hydrogen-bond donors (Lipinski definition) is 2. The summed E-state index contributed by atoms with van der Waals surface area (Å²) in [5, 5.41) is 11.4. The van der Waals surface area contributed by atoms with Gasteiger partial charge >= 0.3 is 0 Å². The van der Waals surface area contributed by atoms with Crippen LogP contribution in [-0.2, 0) is 4.79 Å². The van der Waals surface area contributed by atoms with E-state index in [0.717, 1.165) is 10.2 Å². The molecule has 3 rings (SSSR count). The van der Waals surface area contributed by atoms with E-state index in [1.54, 1.807) is 0 Å². The lowest BCUT2D eigenvalue weighted by molar-refractivity contribution is -0.113. The summed E-state index contributed by atoms with van der Waals surface area (Å²) in [7, 11) is 0. The molecule has 6 nitrogen and oxygen atoms in total. The van der Waals surface area contributed by atoms with E-state index in [0.29, 0.717) is 14.6 Å². The Balaban J connectivity index is 1.63. The maximum Gasteiger partial charge on any atom is 0.236 e. The van der Waals surface area contributed by atoms with Crippen molar-refractivity contribution in [3.63, 3.8) is 0 Å². The number of fused-ring (bicyclic) bond motifs is 1. The van der Waals surface area contributed by atoms with Crippen LogP contribution in [0.2, 0.25) is 0 Å². The first-order valence-corrected chi connectivity index (χ1v) is 8.61. The van der Waals surface area contributed by atoms with Crippen molar-refractivity contribution in [1.82, 2.24) is 15.2 Å². The Labute approximate surface area is 132 Å². The number of carbonyl (C=O) groups is 1. The molecule has 0 bridgehead atoms. The van der Waals surface area contributed by atoms with Crippen LogP contribution in [0.5, 0.6) is 0 Å². The van der Waals surface area contributed by atoms with Crippen molar-refractivity contribution in [3.8, 4) is 0 Å². The Morgan fingerprint density at radius 3 is 3.00 bits per heavy atom. The number of nitrogens with two attached hydrogens (primary N) is 1. The SMILES string of the molecule is Cc1ccc2nc(NC(=O)CSc3nnc(N)s3)sc2c1. The summed E-state index contributed by atoms with van der Waals surface area (Å²) >= 11 is 4.04. The lowest BCUT2D eigenvalue weighted by Gasteiger charge is -1.98. The average molecular weight is 337 g/mol. The van der Waals surface area contributed by atoms with Gasteiger partial charge in [-0.3, -0.25) is 4.79 Å². The molecule has 0 aliphatic carbocycles. The van der Waals surface area contributed by atoms with Crippen LogP contribution in [0.15, 0.2) is 22.5 Å². The van der Waals surface area contributed by atoms with Gasteiger partial charge in [0.25, 0.3) is 0 Å². The first kappa shape index (κ1) is 14.2. The van der Waals surface area contributed by atoms with E-state index >= 15 is 0 Å². The molecule has 0 atom stereocenters. The first-order valence-electron chi connectivity index (χ1n) is 5.99. The monoisotopic (exact) mass is 337 g/mol. The number of nitrogens with zero attached hydrogens (tertiary/aromatic N) is 3. The topological polar surface area (TPSA) is 93.8 Å². The molecule has 1 amide bonds. The Morgan fingerprint density at radius 1 is 1.38 bits per heavy atom. The van der Waals surface area contributed by atoms with Gasteiger partial charge in [0, 0.05) is 0 Å². The highest BCUT2D eigenvalue weighted by atomic mass is 32.2. The maximum absolute atomic E-state index is 11.9. The third-order valence-electron chi connectivity index (χ3n) is 2.54. The van der Waals surface area contributed by atoms with Gasteiger partial charge in [-0.15, -0.1) is 10.2 Å². The van der Waals surface area contributed by atoms with Crippen molar-refractivity contribution in [2.24, 2.45) is 0 Å². The van der Waals surface area contributed by atoms with Crippen LogP contribution in [0.1, 0.15) is 5.56 Å². The van der Waals surface area contributed by atoms with Gasteiger partial charge in [0.05, 0.1) is 16.0 Å². The molecule has 0 aliphatic heterocycles. The molecule has 21 heavy (non-hydrogen) atoms. The van der Waals surface area contributed by atoms with Crippen molar-refractivity contribution >= 4 is 60.8 Å². The molecule has 0 fully saturated rings. The van der Waals surface area contributed by atoms with Crippen LogP contribution in [0.4, 0.5) is 10.3 Å². The lowest BCUT2D eigenvalue weighted by atomic mass is 10.2. The van der Waals surface area contributed by atoms with Crippen LogP contribution < -0.4 is 11.1 Å². The molecule has 0 saturated heterocycles. The fraction of sp³-hybridized carbons (Fsp3) is 0.167. The van der Waals surface area contributed by atoms with Crippen LogP contribution in [-0.4, -0.2) is 26.8 Å². The molecule has 3 aromatic rings. The van der Waals surface area contributed by atoms with E-state index in [9.17, 15) is 4.79 Å². The van der Waals surface area contributed by atoms with Gasteiger partial charge in [-0.05, 0) is 24.6 Å². The molecule has 108 valence electrons. The number of thioether (sulfide) groups is 1. The van der Waals surface area contributed by atoms with E-state index < -0.39 is 0 Å². The zero-order chi connectivity index (χ0) is 14.8. The molecular weight excluding hydrogens is 326 g/mol. The largest absolute Gasteiger partial charge is 0.374 e. The van der Waals surface area contributed by atoms with Gasteiger partial charge in [0.1, 0.15) is 0 Å². The second-order valence-electron chi connectivity index (χ2n) is 4.23. The van der Waals surface area contributed by atoms with E-state index in [1.165, 1.54) is 40.0 Å². The van der Waals surface area contributed by atoms with Crippen molar-refractivity contribution in [3.05, 3.63) is 23.8 Å². The third kappa shape index (κ3) is 3.49. The van der Waals surface area contributed by atoms with Crippen LogP contribution in [0.3, 0.4) is 0 Å². The molecule has 0 saturated carbocycles. The Morgan fingerprint density at radius 2 is 2.24 bits per heavy atom. The number of rotatable bonds is 4. The van der Waals surface area contributed by atoms with Crippen molar-refractivity contribution in [1.29, 1.82) is 0 Å². The summed E-state index contributed by atoms with van der Waals surface area (Å²) in [6, 6.07) is 6.01. The minimum Gasteiger partial charge on any atom is -0.374 e. The summed E-state index contributed by atoms with van der Waals surface area (Å²) < 4.78 is 1.75. The third-order valence-corrected chi connectivity index (χ3v) is 5.36. The summed E-state index contributed by atoms with van der Waals surface area (Å²) in [5.74, 6) is 0.133. The molecular formula is C12H11N5OS3. The van der Waals surface area contributed by atoms with E-state index in [4.69, 9.17) is 5.73 Å². The van der Waals surface area contributed by atoms with E-state index in [1.807, 2.05) is 19.1 Å². The van der Waals surface area contributed by atoms with Gasteiger partial charge in [-0.1, -0.05) is 40.5 Å². The highest BCUT2D eigenvalue weighted by molar-refractivity contribution is 8.01. The van der Waals surface area contributed by atoms with Gasteiger partial charge in [-0.25, -0.2) is 4.98 Å². The number of hydrogen-bond acceptors (Lipinski definition) is 8. The first-order chi connectivity index (χ1) is 10.1. The summed E-state index contributed by atoms with van der Waals surface area (Å²) in [6.07, 6.45) is 0. The number of thiazole rings is 1. The van der Waals surface area contributed by atoms with Gasteiger partial charge in [0.2, 0.25) is 11.0 Å². The quantitative estimate of drug-likeness (QED) is 0.711. The molecule has 0 radical (unpaired) electrons. The number of nitrogens with one attached hydrogen (secondary N) is 1. The number of nitrogen functional groups attached to an aromatic ring is 1. The molecule has 1 aromatic carbocycles. The molecule has 0 spiro atoms. The molecule has 0 unspecified atom stereocenters. The standard InChI is InChI=1S/C12H11N5OS3/c1-6-2-3-7-8(4-6)20-11(14-7)15-9(18)5-19-12-17-16-10(13)21-12/h2-4H,5H2,1H3,(H2,13,16)(H,14,15,18). The fourth-order valence-corrected chi connectivity index (χ4v) is 4.06. The second kappa shape index (κ2) is 5.96. The molecule has 2 heterocycles. The minimum absolute atomic E-state index is 0.121. The normalized spacial score (nSPS) is 10.9. The van der Waals surface area contributed by atoms with Gasteiger partial charge < -0.3 is 11.1 Å². The predicted octanol–water partition coefficient (Wildman–Crippen LogP) is 2.77. The number of aromatic nitrogens is 3. The second-order valence-corrected chi connectivity index (χ2v) is 7.50. The van der Waals surface area contributed by atoms with Gasteiger partial charge in [0.15, 0.2) is 9.47 Å². The zero-order valence-corrected chi connectivity index (χ0v) is 13.4. The van der Waals surface area contributed by atoms with Crippen molar-refractivity contribution in [2.45, 2.75) is 11.3 Å². The minimum atomic E-state index is -0.121. The number of aryl methyl sites for hydroxylation is 1. The van der Waals surface area contributed by atoms with Crippen molar-refractivity contribution < 1.29 is 4.79 Å². The van der Waals surface area contributed by atoms with Crippen LogP contribution in [0, 0.1) is 6.92 Å². The Hall–Kier alpha value is -1.71. The number of carbonyl (C=O) groups excluding carboxylic acids is 1. The number of amides is 1. The highest BCUT2D eigenvalue weighted by Crippen LogP contribution is 2.27. The number of benzene rings is 1. The molecule has 3 N–H and O–H groups in total. The van der Waals surface area contributed by atoms with E-state index in [-0.39, 0.29) is 11.7 Å². The van der Waals surface area contributed by atoms with Gasteiger partial charge in [-0.2, -0.15) is 0 Å². The average Bonchev–Trinajstić information content (AvgIpc) is 3.01. The predicted molar refractivity (Wildman–Crippen MR) is 88.0 cm³/mol. The van der Waals surface area contributed by atoms with Crippen molar-refractivity contribution in [2.75, 3.05) is 16.8 Å². The Bertz CT molecular complexity index is 797. The van der Waals surface area contributed by atoms with Crippen LogP contribution >= 0.6 is 34.4 Å². The number of anilines is 2. The molecule has 0 aliphatic rings. The summed E-state index contributed by atoms with van der Waals surface area (Å²) in [4.78, 5) is 16.3. The molecule has 2 aromatic heterocycles. The summed E-state index contributed by atoms with van der Waals surface area (Å²) in [6.45, 7) is 2.03. The summed E-state index contributed by atoms with van der Waals surface area (Å²) in [5.41, 5.74) is 7.55. The maximum atomic E-state index is 11.9. The fourth-order valence-electron chi connectivity index (χ4n) is 1.65. The molecule has 9 heteroatoms. The zero-order valence-electron chi connectivity index (χ0n) is 11.0. The highest BCUT2D eigenvalue weighted by Gasteiger charge is 2.10. The van der Waals surface area contributed by atoms with Crippen LogP contribution in [0.25, 0.3) is 10.2 Å². The Kier molecular flexibility index (Phi) is 4.04.